The number of rotatable bonds is 7. The number of amides is 2. The fraction of sp³-hybridized carbons (Fsp3) is 0.375. The van der Waals surface area contributed by atoms with Crippen molar-refractivity contribution in [2.24, 2.45) is 5.92 Å². The molecule has 1 aromatic heterocycles. The van der Waals surface area contributed by atoms with Gasteiger partial charge in [-0.05, 0) is 43.2 Å². The van der Waals surface area contributed by atoms with Crippen LogP contribution in [0.1, 0.15) is 32.1 Å². The van der Waals surface area contributed by atoms with Crippen molar-refractivity contribution in [3.63, 3.8) is 0 Å². The van der Waals surface area contributed by atoms with Crippen molar-refractivity contribution in [1.29, 1.82) is 0 Å². The van der Waals surface area contributed by atoms with Crippen molar-refractivity contribution in [3.05, 3.63) is 54.4 Å². The monoisotopic (exact) mass is 421 g/mol. The minimum atomic E-state index is -0.230. The van der Waals surface area contributed by atoms with Gasteiger partial charge in [0.15, 0.2) is 11.5 Å². The number of hydrogen-bond donors (Lipinski definition) is 1. The van der Waals surface area contributed by atoms with E-state index in [9.17, 15) is 9.59 Å². The number of likely N-dealkylation sites (tertiary alicyclic amines) is 1. The lowest BCUT2D eigenvalue weighted by Crippen LogP contribution is -2.44. The second kappa shape index (κ2) is 9.64. The first-order chi connectivity index (χ1) is 15.1. The minimum absolute atomic E-state index is 0.0181. The lowest BCUT2D eigenvalue weighted by molar-refractivity contribution is -0.135. The van der Waals surface area contributed by atoms with Crippen LogP contribution < -0.4 is 10.1 Å². The zero-order valence-electron chi connectivity index (χ0n) is 17.7. The number of hydrogen-bond acceptors (Lipinski definition) is 5. The Kier molecular flexibility index (Phi) is 6.50. The molecule has 2 aromatic carbocycles. The van der Waals surface area contributed by atoms with Gasteiger partial charge in [0.25, 0.3) is 0 Å². The lowest BCUT2D eigenvalue weighted by atomic mass is 9.96. The van der Waals surface area contributed by atoms with E-state index >= 15 is 0 Å². The summed E-state index contributed by atoms with van der Waals surface area (Å²) in [7, 11) is 0. The van der Waals surface area contributed by atoms with Gasteiger partial charge in [-0.15, -0.1) is 0 Å². The van der Waals surface area contributed by atoms with E-state index < -0.39 is 0 Å². The lowest BCUT2D eigenvalue weighted by Gasteiger charge is -2.32. The van der Waals surface area contributed by atoms with Gasteiger partial charge in [0.2, 0.25) is 11.8 Å². The molecule has 1 aliphatic heterocycles. The number of piperidine rings is 1. The number of carbonyl (C=O) groups excluding carboxylic acids is 2. The van der Waals surface area contributed by atoms with Gasteiger partial charge in [-0.25, -0.2) is 4.98 Å². The summed E-state index contributed by atoms with van der Waals surface area (Å²) in [6, 6.07) is 14.9. The van der Waals surface area contributed by atoms with Crippen LogP contribution in [0.15, 0.2) is 52.9 Å². The number of carbonyl (C=O) groups is 2. The molecule has 1 unspecified atom stereocenters. The molecule has 4 rings (SSSR count). The number of ether oxygens (including phenoxy) is 1. The van der Waals surface area contributed by atoms with Gasteiger partial charge in [0.1, 0.15) is 11.3 Å². The van der Waals surface area contributed by atoms with Crippen molar-refractivity contribution in [3.8, 4) is 5.75 Å². The molecular weight excluding hydrogens is 394 g/mol. The number of para-hydroxylation sites is 1. The fourth-order valence-electron chi connectivity index (χ4n) is 3.80. The summed E-state index contributed by atoms with van der Waals surface area (Å²) >= 11 is 0. The molecule has 1 N–H and O–H groups in total. The van der Waals surface area contributed by atoms with E-state index in [1.165, 1.54) is 0 Å². The third kappa shape index (κ3) is 5.23. The Morgan fingerprint density at radius 2 is 2.06 bits per heavy atom. The van der Waals surface area contributed by atoms with Crippen LogP contribution in [-0.2, 0) is 16.0 Å². The number of nitrogens with one attached hydrogen (secondary N) is 1. The summed E-state index contributed by atoms with van der Waals surface area (Å²) in [5, 5.41) is 2.97. The smallest absolute Gasteiger partial charge is 0.229 e. The third-order valence-electron chi connectivity index (χ3n) is 5.47. The van der Waals surface area contributed by atoms with Gasteiger partial charge in [-0.3, -0.25) is 9.59 Å². The predicted octanol–water partition coefficient (Wildman–Crippen LogP) is 4.04. The molecule has 0 radical (unpaired) electrons. The average molecular weight is 421 g/mol. The van der Waals surface area contributed by atoms with Crippen molar-refractivity contribution < 1.29 is 18.7 Å². The molecule has 2 amide bonds. The predicted molar refractivity (Wildman–Crippen MR) is 118 cm³/mol. The summed E-state index contributed by atoms with van der Waals surface area (Å²) in [6.07, 6.45) is 2.60. The number of anilines is 1. The van der Waals surface area contributed by atoms with Gasteiger partial charge in [0, 0.05) is 25.2 Å². The minimum Gasteiger partial charge on any atom is -0.493 e. The molecule has 7 nitrogen and oxygen atoms in total. The van der Waals surface area contributed by atoms with E-state index in [1.807, 2.05) is 55.5 Å². The zero-order valence-corrected chi connectivity index (χ0v) is 17.7. The third-order valence-corrected chi connectivity index (χ3v) is 5.47. The zero-order chi connectivity index (χ0) is 21.6. The van der Waals surface area contributed by atoms with Crippen molar-refractivity contribution in [2.75, 3.05) is 25.0 Å². The topological polar surface area (TPSA) is 84.7 Å². The van der Waals surface area contributed by atoms with Crippen LogP contribution in [0.5, 0.6) is 5.75 Å². The van der Waals surface area contributed by atoms with Crippen molar-refractivity contribution >= 4 is 28.6 Å². The highest BCUT2D eigenvalue weighted by molar-refractivity contribution is 5.94. The van der Waals surface area contributed by atoms with Crippen LogP contribution in [0.4, 0.5) is 5.69 Å². The van der Waals surface area contributed by atoms with Gasteiger partial charge >= 0.3 is 0 Å². The molecule has 0 spiro atoms. The van der Waals surface area contributed by atoms with Crippen LogP contribution in [0.25, 0.3) is 11.1 Å². The SMILES string of the molecule is CCc1nc2cc(NC(=O)C3CCCN(C(=O)CCOc4ccccc4)C3)ccc2o1. The summed E-state index contributed by atoms with van der Waals surface area (Å²) in [5.41, 5.74) is 2.13. The van der Waals surface area contributed by atoms with Crippen LogP contribution >= 0.6 is 0 Å². The summed E-state index contributed by atoms with van der Waals surface area (Å²) in [6.45, 7) is 3.42. The first-order valence-corrected chi connectivity index (χ1v) is 10.8. The molecule has 0 saturated carbocycles. The maximum atomic E-state index is 12.8. The van der Waals surface area contributed by atoms with E-state index in [4.69, 9.17) is 9.15 Å². The molecule has 1 saturated heterocycles. The second-order valence-corrected chi connectivity index (χ2v) is 7.72. The molecule has 3 aromatic rings. The number of fused-ring (bicyclic) bond motifs is 1. The standard InChI is InChI=1S/C24H27N3O4/c1-2-22-26-20-15-18(10-11-21(20)31-22)25-24(29)17-7-6-13-27(16-17)23(28)12-14-30-19-8-4-3-5-9-19/h3-5,8-11,15,17H,2,6-7,12-14,16H2,1H3,(H,25,29). The highest BCUT2D eigenvalue weighted by atomic mass is 16.5. The highest BCUT2D eigenvalue weighted by Gasteiger charge is 2.28. The Labute approximate surface area is 181 Å². The van der Waals surface area contributed by atoms with E-state index in [0.29, 0.717) is 43.3 Å². The van der Waals surface area contributed by atoms with Gasteiger partial charge in [0.05, 0.1) is 18.9 Å². The first-order valence-electron chi connectivity index (χ1n) is 10.8. The molecule has 1 fully saturated rings. The van der Waals surface area contributed by atoms with Crippen molar-refractivity contribution in [2.45, 2.75) is 32.6 Å². The summed E-state index contributed by atoms with van der Waals surface area (Å²) < 4.78 is 11.2. The Morgan fingerprint density at radius 1 is 1.23 bits per heavy atom. The first kappa shape index (κ1) is 20.9. The summed E-state index contributed by atoms with van der Waals surface area (Å²) in [5.74, 6) is 1.14. The van der Waals surface area contributed by atoms with E-state index in [0.717, 1.165) is 30.5 Å². The maximum Gasteiger partial charge on any atom is 0.229 e. The maximum absolute atomic E-state index is 12.8. The Bertz CT molecular complexity index is 1050. The molecule has 1 atom stereocenters. The molecule has 7 heteroatoms. The summed E-state index contributed by atoms with van der Waals surface area (Å²) in [4.78, 5) is 31.6. The molecule has 0 aliphatic carbocycles. The molecule has 0 bridgehead atoms. The van der Waals surface area contributed by atoms with E-state index in [1.54, 1.807) is 4.90 Å². The van der Waals surface area contributed by atoms with Gasteiger partial charge in [-0.2, -0.15) is 0 Å². The van der Waals surface area contributed by atoms with Crippen molar-refractivity contribution in [1.82, 2.24) is 9.88 Å². The normalized spacial score (nSPS) is 16.3. The second-order valence-electron chi connectivity index (χ2n) is 7.72. The van der Waals surface area contributed by atoms with E-state index in [2.05, 4.69) is 10.3 Å². The number of oxazole rings is 1. The largest absolute Gasteiger partial charge is 0.493 e. The van der Waals surface area contributed by atoms with Crippen LogP contribution in [0.2, 0.25) is 0 Å². The number of aryl methyl sites for hydroxylation is 1. The van der Waals surface area contributed by atoms with E-state index in [-0.39, 0.29) is 17.7 Å². The fourth-order valence-corrected chi connectivity index (χ4v) is 3.80. The Morgan fingerprint density at radius 3 is 2.87 bits per heavy atom. The van der Waals surface area contributed by atoms with Gasteiger partial charge in [-0.1, -0.05) is 25.1 Å². The van der Waals surface area contributed by atoms with Crippen LogP contribution in [0, 0.1) is 5.92 Å². The number of benzene rings is 2. The van der Waals surface area contributed by atoms with Crippen LogP contribution in [-0.4, -0.2) is 41.4 Å². The van der Waals surface area contributed by atoms with Crippen LogP contribution in [0.3, 0.4) is 0 Å². The molecule has 2 heterocycles. The van der Waals surface area contributed by atoms with Gasteiger partial charge < -0.3 is 19.4 Å². The number of aromatic nitrogens is 1. The molecule has 1 aliphatic rings. The Balaban J connectivity index is 1.30. The molecular formula is C24H27N3O4. The highest BCUT2D eigenvalue weighted by Crippen LogP contribution is 2.23. The Hall–Kier alpha value is -3.35. The molecule has 162 valence electrons. The number of nitrogens with zero attached hydrogens (tertiary/aromatic N) is 2. The average Bonchev–Trinajstić information content (AvgIpc) is 3.22. The molecule has 31 heavy (non-hydrogen) atoms. The quantitative estimate of drug-likeness (QED) is 0.622.